The molecule has 0 saturated heterocycles. The summed E-state index contributed by atoms with van der Waals surface area (Å²) in [5.74, 6) is 1.48. The monoisotopic (exact) mass is 282 g/mol. The third-order valence-electron chi connectivity index (χ3n) is 3.61. The van der Waals surface area contributed by atoms with Crippen molar-refractivity contribution in [2.75, 3.05) is 18.5 Å². The first-order valence-corrected chi connectivity index (χ1v) is 6.98. The maximum Gasteiger partial charge on any atom is 0.205 e. The summed E-state index contributed by atoms with van der Waals surface area (Å²) in [7, 11) is 2.07. The molecule has 1 aromatic heterocycles. The van der Waals surface area contributed by atoms with Crippen LogP contribution in [0.1, 0.15) is 25.5 Å². The van der Waals surface area contributed by atoms with Crippen molar-refractivity contribution in [1.29, 1.82) is 0 Å². The van der Waals surface area contributed by atoms with Gasteiger partial charge in [0, 0.05) is 19.3 Å². The number of aryl methyl sites for hydroxylation is 1. The van der Waals surface area contributed by atoms with Crippen LogP contribution >= 0.6 is 0 Å². The van der Waals surface area contributed by atoms with Crippen molar-refractivity contribution < 1.29 is 0 Å². The van der Waals surface area contributed by atoms with Gasteiger partial charge in [-0.15, -0.1) is 10.2 Å². The molecule has 0 spiro atoms. The van der Waals surface area contributed by atoms with E-state index in [2.05, 4.69) is 51.3 Å². The molecule has 0 saturated carbocycles. The van der Waals surface area contributed by atoms with Crippen LogP contribution < -0.4 is 4.90 Å². The van der Waals surface area contributed by atoms with E-state index in [9.17, 15) is 0 Å². The zero-order chi connectivity index (χ0) is 15.0. The van der Waals surface area contributed by atoms with Gasteiger partial charge >= 0.3 is 0 Å². The third kappa shape index (κ3) is 2.33. The van der Waals surface area contributed by atoms with Gasteiger partial charge in [0.2, 0.25) is 5.82 Å². The molecule has 0 N–H and O–H groups in total. The number of fused-ring (bicyclic) bond motifs is 1. The predicted molar refractivity (Wildman–Crippen MR) is 84.8 cm³/mol. The number of anilines is 1. The number of aromatic nitrogens is 3. The van der Waals surface area contributed by atoms with Gasteiger partial charge in [0.25, 0.3) is 0 Å². The highest BCUT2D eigenvalue weighted by Gasteiger charge is 2.23. The lowest BCUT2D eigenvalue weighted by atomic mass is 10.2. The molecule has 0 aliphatic carbocycles. The lowest BCUT2D eigenvalue weighted by Crippen LogP contribution is -2.15. The summed E-state index contributed by atoms with van der Waals surface area (Å²) in [6, 6.07) is 8.15. The fraction of sp³-hybridized carbons (Fsp3) is 0.333. The summed E-state index contributed by atoms with van der Waals surface area (Å²) in [4.78, 5) is 6.84. The Hall–Kier alpha value is -2.50. The van der Waals surface area contributed by atoms with E-state index in [0.717, 1.165) is 29.5 Å². The molecule has 1 aliphatic rings. The van der Waals surface area contributed by atoms with Crippen molar-refractivity contribution in [2.24, 2.45) is 10.1 Å². The Labute approximate surface area is 123 Å². The van der Waals surface area contributed by atoms with Crippen molar-refractivity contribution in [3.8, 4) is 0 Å². The topological polar surface area (TPSA) is 58.7 Å². The average Bonchev–Trinajstić information content (AvgIpc) is 3.00. The molecule has 6 heteroatoms. The summed E-state index contributed by atoms with van der Waals surface area (Å²) >= 11 is 0. The van der Waals surface area contributed by atoms with Gasteiger partial charge in [-0.2, -0.15) is 9.78 Å². The first-order valence-electron chi connectivity index (χ1n) is 6.98. The largest absolute Gasteiger partial charge is 0.375 e. The van der Waals surface area contributed by atoms with Gasteiger partial charge in [-0.1, -0.05) is 0 Å². The van der Waals surface area contributed by atoms with Crippen molar-refractivity contribution in [2.45, 2.75) is 20.8 Å². The molecular formula is C15H18N6. The number of benzene rings is 1. The molecule has 1 aromatic carbocycles. The van der Waals surface area contributed by atoms with E-state index in [1.54, 1.807) is 4.68 Å². The first kappa shape index (κ1) is 13.5. The minimum absolute atomic E-state index is 0.708. The maximum absolute atomic E-state index is 4.66. The fourth-order valence-electron chi connectivity index (χ4n) is 2.21. The highest BCUT2D eigenvalue weighted by Crippen LogP contribution is 2.21. The molecular weight excluding hydrogens is 264 g/mol. The Bertz CT molecular complexity index is 723. The molecule has 0 bridgehead atoms. The molecule has 0 unspecified atom stereocenters. The van der Waals surface area contributed by atoms with Gasteiger partial charge in [-0.05, 0) is 45.0 Å². The van der Waals surface area contributed by atoms with E-state index in [-0.39, 0.29) is 0 Å². The third-order valence-corrected chi connectivity index (χ3v) is 3.61. The smallest absolute Gasteiger partial charge is 0.205 e. The zero-order valence-electron chi connectivity index (χ0n) is 12.7. The fourth-order valence-corrected chi connectivity index (χ4v) is 2.21. The Balaban J connectivity index is 1.94. The second-order valence-corrected chi connectivity index (χ2v) is 5.06. The molecule has 21 heavy (non-hydrogen) atoms. The molecule has 108 valence electrons. The van der Waals surface area contributed by atoms with Crippen LogP contribution in [-0.2, 0) is 0 Å². The number of rotatable bonds is 3. The van der Waals surface area contributed by atoms with Crippen LogP contribution in [0.5, 0.6) is 0 Å². The van der Waals surface area contributed by atoms with E-state index < -0.39 is 0 Å². The van der Waals surface area contributed by atoms with Crippen LogP contribution in [0.4, 0.5) is 11.4 Å². The van der Waals surface area contributed by atoms with Crippen molar-refractivity contribution in [3.63, 3.8) is 0 Å². The lowest BCUT2D eigenvalue weighted by Gasteiger charge is -2.16. The van der Waals surface area contributed by atoms with Crippen LogP contribution in [0.2, 0.25) is 0 Å². The van der Waals surface area contributed by atoms with Gasteiger partial charge in [-0.3, -0.25) is 0 Å². The predicted octanol–water partition coefficient (Wildman–Crippen LogP) is 2.40. The first-order chi connectivity index (χ1) is 10.1. The molecule has 0 fully saturated rings. The second-order valence-electron chi connectivity index (χ2n) is 5.06. The molecule has 0 atom stereocenters. The summed E-state index contributed by atoms with van der Waals surface area (Å²) < 4.78 is 1.73. The molecule has 6 nitrogen and oxygen atoms in total. The standard InChI is InChI=1S/C15H18N6/c1-5-20(4)13-8-6-12(7-9-13)16-14-10(2)19-21-11(3)17-18-15(14)21/h6-9H,5H2,1-4H3/b16-14-. The summed E-state index contributed by atoms with van der Waals surface area (Å²) in [5, 5.41) is 12.6. The van der Waals surface area contributed by atoms with Crippen LogP contribution in [0.25, 0.3) is 0 Å². The summed E-state index contributed by atoms with van der Waals surface area (Å²) in [6.07, 6.45) is 0. The summed E-state index contributed by atoms with van der Waals surface area (Å²) in [5.41, 5.74) is 3.71. The minimum atomic E-state index is 0.708. The van der Waals surface area contributed by atoms with Gasteiger partial charge in [0.05, 0.1) is 11.4 Å². The molecule has 1 aliphatic heterocycles. The highest BCUT2D eigenvalue weighted by molar-refractivity contribution is 6.48. The molecule has 2 aromatic rings. The van der Waals surface area contributed by atoms with Gasteiger partial charge in [0.1, 0.15) is 5.71 Å². The number of hydrogen-bond acceptors (Lipinski definition) is 5. The SMILES string of the molecule is CCN(C)c1ccc(/N=C2/C(C)=Nn3c(C)nnc32)cc1. The molecule has 3 rings (SSSR count). The average molecular weight is 282 g/mol. The highest BCUT2D eigenvalue weighted by atomic mass is 15.5. The Kier molecular flexibility index (Phi) is 3.29. The van der Waals surface area contributed by atoms with Crippen molar-refractivity contribution >= 4 is 22.8 Å². The lowest BCUT2D eigenvalue weighted by molar-refractivity contribution is 0.834. The number of nitrogens with zero attached hydrogens (tertiary/aromatic N) is 6. The van der Waals surface area contributed by atoms with E-state index >= 15 is 0 Å². The van der Waals surface area contributed by atoms with E-state index in [4.69, 9.17) is 0 Å². The molecule has 0 amide bonds. The van der Waals surface area contributed by atoms with Crippen LogP contribution in [-0.4, -0.2) is 39.9 Å². The molecule has 2 heterocycles. The van der Waals surface area contributed by atoms with Crippen LogP contribution in [0, 0.1) is 6.92 Å². The van der Waals surface area contributed by atoms with E-state index in [1.807, 2.05) is 26.0 Å². The number of hydrogen-bond donors (Lipinski definition) is 0. The van der Waals surface area contributed by atoms with Gasteiger partial charge < -0.3 is 4.90 Å². The number of aliphatic imine (C=N–C) groups is 1. The Morgan fingerprint density at radius 3 is 2.52 bits per heavy atom. The maximum atomic E-state index is 4.66. The Morgan fingerprint density at radius 2 is 1.86 bits per heavy atom. The van der Waals surface area contributed by atoms with Crippen molar-refractivity contribution in [3.05, 3.63) is 35.9 Å². The van der Waals surface area contributed by atoms with Gasteiger partial charge in [0.15, 0.2) is 5.82 Å². The second kappa shape index (κ2) is 5.12. The molecule has 0 radical (unpaired) electrons. The Morgan fingerprint density at radius 1 is 1.14 bits per heavy atom. The minimum Gasteiger partial charge on any atom is -0.375 e. The quantitative estimate of drug-likeness (QED) is 0.868. The van der Waals surface area contributed by atoms with Crippen LogP contribution in [0.3, 0.4) is 0 Å². The normalized spacial score (nSPS) is 15.2. The zero-order valence-corrected chi connectivity index (χ0v) is 12.7. The van der Waals surface area contributed by atoms with E-state index in [1.165, 1.54) is 5.69 Å². The van der Waals surface area contributed by atoms with Crippen LogP contribution in [0.15, 0.2) is 34.4 Å². The van der Waals surface area contributed by atoms with Gasteiger partial charge in [-0.25, -0.2) is 4.99 Å². The summed E-state index contributed by atoms with van der Waals surface area (Å²) in [6.45, 7) is 6.92. The van der Waals surface area contributed by atoms with Crippen molar-refractivity contribution in [1.82, 2.24) is 14.9 Å². The van der Waals surface area contributed by atoms with E-state index in [0.29, 0.717) is 5.82 Å².